The number of nitrogens with zero attached hydrogens (tertiary/aromatic N) is 2. The van der Waals surface area contributed by atoms with Gasteiger partial charge in [-0.25, -0.2) is 18.5 Å². The van der Waals surface area contributed by atoms with Gasteiger partial charge in [0.25, 0.3) is 0 Å². The molecule has 0 saturated carbocycles. The molecule has 0 fully saturated rings. The second kappa shape index (κ2) is 6.97. The Labute approximate surface area is 158 Å². The minimum Gasteiger partial charge on any atom is -0.329 e. The van der Waals surface area contributed by atoms with Crippen LogP contribution in [0.1, 0.15) is 35.1 Å². The monoisotopic (exact) mass is 388 g/mol. The summed E-state index contributed by atoms with van der Waals surface area (Å²) in [6.45, 7) is 0.850. The van der Waals surface area contributed by atoms with E-state index in [0.29, 0.717) is 13.1 Å². The second-order valence-corrected chi connectivity index (χ2v) is 8.86. The van der Waals surface area contributed by atoms with Crippen LogP contribution in [0.3, 0.4) is 0 Å². The normalized spacial score (nSPS) is 17.2. The van der Waals surface area contributed by atoms with E-state index in [1.54, 1.807) is 0 Å². The fourth-order valence-electron chi connectivity index (χ4n) is 4.04. The molecule has 2 aromatic rings. The number of nitrogens with one attached hydrogen (secondary N) is 3. The third kappa shape index (κ3) is 3.44. The van der Waals surface area contributed by atoms with Gasteiger partial charge >= 0.3 is 6.03 Å². The summed E-state index contributed by atoms with van der Waals surface area (Å²) in [5, 5.41) is 6.93. The number of carbonyl (C=O) groups is 1. The first-order valence-electron chi connectivity index (χ1n) is 9.24. The molecule has 2 amide bonds. The van der Waals surface area contributed by atoms with E-state index < -0.39 is 15.9 Å². The highest BCUT2D eigenvalue weighted by atomic mass is 32.2. The van der Waals surface area contributed by atoms with Gasteiger partial charge in [0.15, 0.2) is 9.92 Å². The van der Waals surface area contributed by atoms with Crippen LogP contribution in [0.2, 0.25) is 0 Å². The number of hydrogen-bond acceptors (Lipinski definition) is 5. The van der Waals surface area contributed by atoms with Crippen molar-refractivity contribution >= 4 is 21.6 Å². The smallest absolute Gasteiger partial charge is 0.329 e. The van der Waals surface area contributed by atoms with Gasteiger partial charge in [-0.3, -0.25) is 4.68 Å². The van der Waals surface area contributed by atoms with Crippen LogP contribution in [-0.4, -0.2) is 26.6 Å². The van der Waals surface area contributed by atoms with E-state index in [-0.39, 0.29) is 4.90 Å². The highest BCUT2D eigenvalue weighted by Gasteiger charge is 2.26. The maximum Gasteiger partial charge on any atom is 0.331 e. The molecule has 4 rings (SSSR count). The minimum atomic E-state index is -3.49. The Hall–Kier alpha value is -2.39. The topological polar surface area (TPSA) is 126 Å². The molecule has 1 atom stereocenters. The number of aryl methyl sites for hydroxylation is 2. The first kappa shape index (κ1) is 18.0. The number of benzene rings is 1. The molecule has 9 heteroatoms. The number of carbonyl (C=O) groups excluding carboxylic acids is 1. The van der Waals surface area contributed by atoms with Gasteiger partial charge in [-0.2, -0.15) is 5.10 Å². The van der Waals surface area contributed by atoms with Crippen molar-refractivity contribution in [2.45, 2.75) is 50.0 Å². The highest BCUT2D eigenvalue weighted by Crippen LogP contribution is 2.38. The van der Waals surface area contributed by atoms with Gasteiger partial charge in [-0.15, -0.1) is 0 Å². The lowest BCUT2D eigenvalue weighted by Crippen LogP contribution is -2.34. The van der Waals surface area contributed by atoms with Gasteiger partial charge in [-0.1, -0.05) is 6.07 Å². The lowest BCUT2D eigenvalue weighted by molar-refractivity contribution is 0.256. The standard InChI is InChI=1S/C18H24N6O2S/c19-7-8-24-11-14(10-21-24)27(20,26)23-18(25)22-17-15-5-1-3-12(15)9-13-4-2-6-16(13)17/h9-11H,1-8,19H2,(H3,20,22,23,25,26). The van der Waals surface area contributed by atoms with Gasteiger partial charge in [0.2, 0.25) is 0 Å². The number of fused-ring (bicyclic) bond motifs is 2. The van der Waals surface area contributed by atoms with Crippen molar-refractivity contribution in [2.75, 3.05) is 11.9 Å². The largest absolute Gasteiger partial charge is 0.331 e. The van der Waals surface area contributed by atoms with E-state index in [2.05, 4.69) is 21.2 Å². The first-order valence-corrected chi connectivity index (χ1v) is 10.8. The van der Waals surface area contributed by atoms with Gasteiger partial charge in [0.05, 0.1) is 12.7 Å². The van der Waals surface area contributed by atoms with Gasteiger partial charge in [0.1, 0.15) is 4.90 Å². The Kier molecular flexibility index (Phi) is 4.65. The molecule has 5 N–H and O–H groups in total. The first-order chi connectivity index (χ1) is 13.0. The molecule has 0 bridgehead atoms. The fraction of sp³-hybridized carbons (Fsp3) is 0.444. The summed E-state index contributed by atoms with van der Waals surface area (Å²) in [4.78, 5) is 12.7. The summed E-state index contributed by atoms with van der Waals surface area (Å²) in [5.41, 5.74) is 11.3. The summed E-state index contributed by atoms with van der Waals surface area (Å²) in [7, 11) is -3.49. The third-order valence-electron chi connectivity index (χ3n) is 5.25. The molecule has 27 heavy (non-hydrogen) atoms. The van der Waals surface area contributed by atoms with Crippen LogP contribution in [0.5, 0.6) is 0 Å². The third-order valence-corrected chi connectivity index (χ3v) is 6.60. The number of anilines is 1. The maximum absolute atomic E-state index is 12.7. The molecule has 1 aromatic carbocycles. The van der Waals surface area contributed by atoms with Crippen molar-refractivity contribution in [1.29, 1.82) is 4.78 Å². The van der Waals surface area contributed by atoms with Crippen LogP contribution in [0, 0.1) is 4.78 Å². The Morgan fingerprint density at radius 3 is 2.52 bits per heavy atom. The molecule has 8 nitrogen and oxygen atoms in total. The zero-order valence-electron chi connectivity index (χ0n) is 15.1. The molecule has 1 aromatic heterocycles. The highest BCUT2D eigenvalue weighted by molar-refractivity contribution is 7.91. The quantitative estimate of drug-likeness (QED) is 0.624. The number of nitrogens with two attached hydrogens (primary N) is 1. The Morgan fingerprint density at radius 1 is 1.22 bits per heavy atom. The van der Waals surface area contributed by atoms with Crippen LogP contribution in [0.4, 0.5) is 10.5 Å². The van der Waals surface area contributed by atoms with Crippen molar-refractivity contribution < 1.29 is 9.00 Å². The molecular formula is C18H24N6O2S. The summed E-state index contributed by atoms with van der Waals surface area (Å²) < 4.78 is 24.6. The van der Waals surface area contributed by atoms with Crippen LogP contribution >= 0.6 is 0 Å². The molecule has 1 heterocycles. The summed E-state index contributed by atoms with van der Waals surface area (Å²) >= 11 is 0. The summed E-state index contributed by atoms with van der Waals surface area (Å²) in [6.07, 6.45) is 8.96. The average Bonchev–Trinajstić information content (AvgIpc) is 3.34. The van der Waals surface area contributed by atoms with Crippen LogP contribution in [0.25, 0.3) is 0 Å². The molecule has 0 spiro atoms. The number of aromatic nitrogens is 2. The predicted octanol–water partition coefficient (Wildman–Crippen LogP) is 1.96. The molecule has 0 radical (unpaired) electrons. The van der Waals surface area contributed by atoms with Crippen molar-refractivity contribution in [3.05, 3.63) is 40.7 Å². The van der Waals surface area contributed by atoms with Gasteiger partial charge in [0, 0.05) is 18.4 Å². The van der Waals surface area contributed by atoms with Crippen molar-refractivity contribution in [1.82, 2.24) is 14.5 Å². The molecule has 1 unspecified atom stereocenters. The van der Waals surface area contributed by atoms with Gasteiger partial charge in [-0.05, 0) is 60.8 Å². The Bertz CT molecular complexity index is 963. The molecule has 0 aliphatic heterocycles. The molecule has 2 aliphatic rings. The number of amides is 2. The molecule has 0 saturated heterocycles. The van der Waals surface area contributed by atoms with E-state index in [1.807, 2.05) is 0 Å². The van der Waals surface area contributed by atoms with Crippen molar-refractivity contribution in [3.8, 4) is 0 Å². The van der Waals surface area contributed by atoms with E-state index in [0.717, 1.165) is 44.2 Å². The Morgan fingerprint density at radius 2 is 1.89 bits per heavy atom. The second-order valence-electron chi connectivity index (χ2n) is 7.07. The zero-order chi connectivity index (χ0) is 19.0. The van der Waals surface area contributed by atoms with E-state index in [1.165, 1.54) is 39.3 Å². The summed E-state index contributed by atoms with van der Waals surface area (Å²) in [6, 6.07) is 1.67. The predicted molar refractivity (Wildman–Crippen MR) is 103 cm³/mol. The number of urea groups is 1. The van der Waals surface area contributed by atoms with Gasteiger partial charge < -0.3 is 11.1 Å². The zero-order valence-corrected chi connectivity index (χ0v) is 15.9. The SMILES string of the molecule is N=S(=O)(NC(=O)Nc1c2c(cc3c1CCC3)CCC2)c1cnn(CCN)c1. The molecule has 2 aliphatic carbocycles. The lowest BCUT2D eigenvalue weighted by atomic mass is 9.99. The van der Waals surface area contributed by atoms with Crippen LogP contribution in [-0.2, 0) is 42.1 Å². The number of rotatable bonds is 5. The molecular weight excluding hydrogens is 364 g/mol. The van der Waals surface area contributed by atoms with Crippen molar-refractivity contribution in [2.24, 2.45) is 5.73 Å². The van der Waals surface area contributed by atoms with Crippen molar-refractivity contribution in [3.63, 3.8) is 0 Å². The minimum absolute atomic E-state index is 0.162. The average molecular weight is 388 g/mol. The number of hydrogen-bond donors (Lipinski definition) is 4. The maximum atomic E-state index is 12.7. The van der Waals surface area contributed by atoms with Crippen LogP contribution < -0.4 is 15.8 Å². The fourth-order valence-corrected chi connectivity index (χ4v) is 4.94. The Balaban J connectivity index is 1.55. The van der Waals surface area contributed by atoms with E-state index in [4.69, 9.17) is 10.5 Å². The van der Waals surface area contributed by atoms with E-state index in [9.17, 15) is 9.00 Å². The van der Waals surface area contributed by atoms with Crippen LogP contribution in [0.15, 0.2) is 23.4 Å². The summed E-state index contributed by atoms with van der Waals surface area (Å²) in [5.74, 6) is 0. The van der Waals surface area contributed by atoms with E-state index >= 15 is 0 Å². The lowest BCUT2D eigenvalue weighted by Gasteiger charge is -2.17. The molecule has 144 valence electrons.